The quantitative estimate of drug-likeness (QED) is 0.571. The predicted octanol–water partition coefficient (Wildman–Crippen LogP) is 0.269. The fourth-order valence-electron chi connectivity index (χ4n) is 3.31. The minimum Gasteiger partial charge on any atom is -0.368 e. The van der Waals surface area contributed by atoms with E-state index in [1.807, 2.05) is 26.8 Å². The molecule has 0 radical (unpaired) electrons. The lowest BCUT2D eigenvalue weighted by molar-refractivity contribution is -0.118. The Balaban J connectivity index is 2.45. The number of aryl methyl sites for hydroxylation is 3. The van der Waals surface area contributed by atoms with Gasteiger partial charge in [-0.15, -0.1) is 0 Å². The van der Waals surface area contributed by atoms with Gasteiger partial charge in [0.15, 0.2) is 11.2 Å². The Hall–Kier alpha value is -3.43. The maximum Gasteiger partial charge on any atom is 0.332 e. The summed E-state index contributed by atoms with van der Waals surface area (Å²) in [4.78, 5) is 41.7. The molecular weight excluding hydrogens is 374 g/mol. The van der Waals surface area contributed by atoms with Crippen LogP contribution in [-0.2, 0) is 37.8 Å². The summed E-state index contributed by atoms with van der Waals surface area (Å²) >= 11 is 0. The maximum absolute atomic E-state index is 13.1. The van der Waals surface area contributed by atoms with Gasteiger partial charge in [0.25, 0.3) is 5.56 Å². The van der Waals surface area contributed by atoms with Crippen molar-refractivity contribution >= 4 is 17.1 Å². The number of nitrogens with zero attached hydrogens (tertiary/aromatic N) is 6. The van der Waals surface area contributed by atoms with Gasteiger partial charge in [0.05, 0.1) is 5.69 Å². The molecule has 3 aromatic rings. The van der Waals surface area contributed by atoms with Crippen LogP contribution in [0.15, 0.2) is 27.8 Å². The second-order valence-corrected chi connectivity index (χ2v) is 7.07. The van der Waals surface area contributed by atoms with Crippen LogP contribution in [0.5, 0.6) is 0 Å². The molecule has 3 aromatic heterocycles. The minimum atomic E-state index is -0.775. The average Bonchev–Trinajstić information content (AvgIpc) is 3.24. The number of allylic oxidation sites excluding steroid dienone is 1. The van der Waals surface area contributed by atoms with Crippen molar-refractivity contribution in [3.8, 4) is 5.95 Å². The second kappa shape index (κ2) is 7.53. The van der Waals surface area contributed by atoms with E-state index in [4.69, 9.17) is 5.73 Å². The molecule has 0 aromatic carbocycles. The van der Waals surface area contributed by atoms with Gasteiger partial charge in [-0.3, -0.25) is 18.7 Å². The van der Waals surface area contributed by atoms with Gasteiger partial charge in [-0.2, -0.15) is 10.1 Å². The molecule has 0 atom stereocenters. The third kappa shape index (κ3) is 3.41. The van der Waals surface area contributed by atoms with E-state index in [1.165, 1.54) is 11.6 Å². The van der Waals surface area contributed by atoms with Crippen molar-refractivity contribution < 1.29 is 4.79 Å². The van der Waals surface area contributed by atoms with Crippen LogP contribution >= 0.6 is 0 Å². The third-order valence-electron chi connectivity index (χ3n) is 4.70. The van der Waals surface area contributed by atoms with Crippen LogP contribution in [0.3, 0.4) is 0 Å². The highest BCUT2D eigenvalue weighted by atomic mass is 16.2. The number of carbonyl (C=O) groups excluding carboxylic acids is 1. The maximum atomic E-state index is 13.1. The highest BCUT2D eigenvalue weighted by Crippen LogP contribution is 2.19. The van der Waals surface area contributed by atoms with E-state index < -0.39 is 23.7 Å². The number of imidazole rings is 1. The number of aromatic nitrogens is 6. The molecule has 154 valence electrons. The number of fused-ring (bicyclic) bond motifs is 1. The van der Waals surface area contributed by atoms with Crippen LogP contribution < -0.4 is 17.0 Å². The lowest BCUT2D eigenvalue weighted by Crippen LogP contribution is -2.42. The molecule has 2 N–H and O–H groups in total. The van der Waals surface area contributed by atoms with Crippen molar-refractivity contribution in [2.24, 2.45) is 12.8 Å². The minimum absolute atomic E-state index is 0.196. The van der Waals surface area contributed by atoms with Crippen molar-refractivity contribution in [1.82, 2.24) is 28.5 Å². The Kier molecular flexibility index (Phi) is 5.27. The third-order valence-corrected chi connectivity index (χ3v) is 4.70. The van der Waals surface area contributed by atoms with Crippen molar-refractivity contribution in [2.75, 3.05) is 0 Å². The topological polar surface area (TPSA) is 123 Å². The van der Waals surface area contributed by atoms with Gasteiger partial charge in [0.2, 0.25) is 11.9 Å². The molecule has 0 aliphatic heterocycles. The van der Waals surface area contributed by atoms with E-state index in [-0.39, 0.29) is 11.2 Å². The molecule has 3 rings (SSSR count). The zero-order valence-electron chi connectivity index (χ0n) is 17.1. The molecule has 3 heterocycles. The fourth-order valence-corrected chi connectivity index (χ4v) is 3.31. The summed E-state index contributed by atoms with van der Waals surface area (Å²) in [5.41, 5.74) is 6.99. The molecule has 10 heteroatoms. The van der Waals surface area contributed by atoms with Crippen molar-refractivity contribution in [3.63, 3.8) is 0 Å². The molecule has 0 saturated heterocycles. The van der Waals surface area contributed by atoms with Crippen LogP contribution in [0.4, 0.5) is 0 Å². The van der Waals surface area contributed by atoms with Gasteiger partial charge in [-0.05, 0) is 25.8 Å². The van der Waals surface area contributed by atoms with Crippen molar-refractivity contribution in [1.29, 1.82) is 0 Å². The van der Waals surface area contributed by atoms with Gasteiger partial charge < -0.3 is 5.73 Å². The molecule has 1 amide bonds. The summed E-state index contributed by atoms with van der Waals surface area (Å²) in [5.74, 6) is -0.355. The lowest BCUT2D eigenvalue weighted by Gasteiger charge is -2.11. The zero-order valence-corrected chi connectivity index (χ0v) is 17.1. The standard InChI is InChI=1S/C19H25N7O3/c1-6-12-8-13(7-2)26(22-12)18-21-16-15(24(18)9-11(3)4)17(28)25(10-14(20)27)19(29)23(16)5/h8H,3,6-7,9-10H2,1-2,4-5H3,(H2,20,27). The summed E-state index contributed by atoms with van der Waals surface area (Å²) in [6.07, 6.45) is 1.47. The Morgan fingerprint density at radius 3 is 2.41 bits per heavy atom. The van der Waals surface area contributed by atoms with Crippen LogP contribution in [0.1, 0.15) is 32.2 Å². The SMILES string of the molecule is C=C(C)Cn1c(-n2nc(CC)cc2CC)nc2c1c(=O)n(CC(N)=O)c(=O)n2C. The molecule has 0 aliphatic rings. The lowest BCUT2D eigenvalue weighted by atomic mass is 10.3. The van der Waals surface area contributed by atoms with E-state index in [0.717, 1.165) is 27.9 Å². The first-order valence-electron chi connectivity index (χ1n) is 9.40. The van der Waals surface area contributed by atoms with Crippen molar-refractivity contribution in [3.05, 3.63) is 50.4 Å². The Labute approximate surface area is 166 Å². The van der Waals surface area contributed by atoms with E-state index in [0.29, 0.717) is 18.9 Å². The molecule has 0 saturated carbocycles. The molecule has 0 aliphatic carbocycles. The number of primary amides is 1. The Morgan fingerprint density at radius 2 is 1.86 bits per heavy atom. The predicted molar refractivity (Wildman–Crippen MR) is 109 cm³/mol. The number of hydrogen-bond donors (Lipinski definition) is 1. The molecule has 29 heavy (non-hydrogen) atoms. The molecule has 0 unspecified atom stereocenters. The number of amides is 1. The molecular formula is C19H25N7O3. The zero-order chi connectivity index (χ0) is 21.5. The van der Waals surface area contributed by atoms with Crippen LogP contribution in [0, 0.1) is 0 Å². The highest BCUT2D eigenvalue weighted by molar-refractivity contribution is 5.75. The second-order valence-electron chi connectivity index (χ2n) is 7.07. The Bertz CT molecular complexity index is 1240. The van der Waals surface area contributed by atoms with Crippen molar-refractivity contribution in [2.45, 2.75) is 46.7 Å². The van der Waals surface area contributed by atoms with Crippen LogP contribution in [0.25, 0.3) is 17.1 Å². The van der Waals surface area contributed by atoms with E-state index in [1.54, 1.807) is 9.25 Å². The van der Waals surface area contributed by atoms with E-state index in [2.05, 4.69) is 16.7 Å². The van der Waals surface area contributed by atoms with Gasteiger partial charge in [-0.1, -0.05) is 26.0 Å². The Morgan fingerprint density at radius 1 is 1.17 bits per heavy atom. The van der Waals surface area contributed by atoms with Gasteiger partial charge >= 0.3 is 5.69 Å². The smallest absolute Gasteiger partial charge is 0.332 e. The summed E-state index contributed by atoms with van der Waals surface area (Å²) in [7, 11) is 1.50. The largest absolute Gasteiger partial charge is 0.368 e. The van der Waals surface area contributed by atoms with Gasteiger partial charge in [0, 0.05) is 19.3 Å². The van der Waals surface area contributed by atoms with Gasteiger partial charge in [0.1, 0.15) is 6.54 Å². The molecule has 0 bridgehead atoms. The number of carbonyl (C=O) groups is 1. The summed E-state index contributed by atoms with van der Waals surface area (Å²) < 4.78 is 5.45. The average molecular weight is 399 g/mol. The van der Waals surface area contributed by atoms with E-state index >= 15 is 0 Å². The summed E-state index contributed by atoms with van der Waals surface area (Å²) in [5, 5.41) is 4.62. The van der Waals surface area contributed by atoms with Crippen LogP contribution in [0.2, 0.25) is 0 Å². The molecule has 0 spiro atoms. The molecule has 0 fully saturated rings. The van der Waals surface area contributed by atoms with Crippen LogP contribution in [-0.4, -0.2) is 34.4 Å². The number of hydrogen-bond acceptors (Lipinski definition) is 5. The monoisotopic (exact) mass is 399 g/mol. The fraction of sp³-hybridized carbons (Fsp3) is 0.421. The first-order chi connectivity index (χ1) is 13.7. The summed E-state index contributed by atoms with van der Waals surface area (Å²) in [6.45, 7) is 9.60. The number of nitrogens with two attached hydrogens (primary N) is 1. The van der Waals surface area contributed by atoms with Gasteiger partial charge in [-0.25, -0.2) is 14.0 Å². The molecule has 10 nitrogen and oxygen atoms in total. The van der Waals surface area contributed by atoms with E-state index in [9.17, 15) is 14.4 Å². The first kappa shape index (κ1) is 20.3. The first-order valence-corrected chi connectivity index (χ1v) is 9.40. The highest BCUT2D eigenvalue weighted by Gasteiger charge is 2.23. The normalized spacial score (nSPS) is 11.3. The summed E-state index contributed by atoms with van der Waals surface area (Å²) in [6, 6.07) is 1.99. The number of rotatable bonds is 7.